The van der Waals surface area contributed by atoms with Crippen LogP contribution < -0.4 is 0 Å². The van der Waals surface area contributed by atoms with Gasteiger partial charge < -0.3 is 9.52 Å². The van der Waals surface area contributed by atoms with Gasteiger partial charge in [0.25, 0.3) is 0 Å². The first-order valence-corrected chi connectivity index (χ1v) is 6.95. The van der Waals surface area contributed by atoms with Crippen molar-refractivity contribution in [1.29, 1.82) is 0 Å². The van der Waals surface area contributed by atoms with Crippen LogP contribution in [-0.4, -0.2) is 28.6 Å². The molecule has 1 aliphatic rings. The Balaban J connectivity index is 2.13. The molecule has 0 aromatic carbocycles. The lowest BCUT2D eigenvalue weighted by molar-refractivity contribution is 0.0661. The largest absolute Gasteiger partial charge is 0.475 e. The van der Waals surface area contributed by atoms with Gasteiger partial charge in [0.1, 0.15) is 5.76 Å². The lowest BCUT2D eigenvalue weighted by Gasteiger charge is -2.41. The molecule has 2 rings (SSSR count). The number of carboxylic acid groups (broad SMARTS) is 1. The number of furan rings is 1. The number of nitrogens with zero attached hydrogens (tertiary/aromatic N) is 1. The van der Waals surface area contributed by atoms with Gasteiger partial charge in [-0.25, -0.2) is 4.79 Å². The van der Waals surface area contributed by atoms with E-state index in [4.69, 9.17) is 9.52 Å². The predicted octanol–water partition coefficient (Wildman–Crippen LogP) is 3.15. The second kappa shape index (κ2) is 5.37. The molecule has 2 heterocycles. The maximum absolute atomic E-state index is 10.9. The molecule has 1 aliphatic heterocycles. The van der Waals surface area contributed by atoms with Crippen molar-refractivity contribution in [2.24, 2.45) is 11.8 Å². The van der Waals surface area contributed by atoms with Crippen LogP contribution in [0.1, 0.15) is 49.1 Å². The van der Waals surface area contributed by atoms with Gasteiger partial charge in [0.15, 0.2) is 0 Å². The molecular weight excluding hydrogens is 242 g/mol. The minimum atomic E-state index is -0.997. The Morgan fingerprint density at radius 1 is 1.47 bits per heavy atom. The van der Waals surface area contributed by atoms with E-state index in [0.717, 1.165) is 24.4 Å². The molecular formula is C15H23NO3. The van der Waals surface area contributed by atoms with Gasteiger partial charge in [-0.2, -0.15) is 0 Å². The lowest BCUT2D eigenvalue weighted by Crippen LogP contribution is -2.45. The van der Waals surface area contributed by atoms with Gasteiger partial charge in [0.05, 0.1) is 0 Å². The standard InChI is InChI=1S/C15H23NO3/c1-9-5-10(2)11(3)16(7-9)8-13-6-14(15(17)18)19-12(13)4/h6,9-11H,5,7-8H2,1-4H3,(H,17,18). The van der Waals surface area contributed by atoms with Crippen molar-refractivity contribution in [2.75, 3.05) is 6.54 Å². The number of likely N-dealkylation sites (tertiary alicyclic amines) is 1. The summed E-state index contributed by atoms with van der Waals surface area (Å²) >= 11 is 0. The first-order valence-electron chi connectivity index (χ1n) is 6.95. The topological polar surface area (TPSA) is 53.7 Å². The third-order valence-electron chi connectivity index (χ3n) is 4.32. The molecule has 1 N–H and O–H groups in total. The van der Waals surface area contributed by atoms with E-state index in [-0.39, 0.29) is 5.76 Å². The molecule has 1 aromatic rings. The van der Waals surface area contributed by atoms with E-state index in [9.17, 15) is 4.79 Å². The Labute approximate surface area is 114 Å². The van der Waals surface area contributed by atoms with Crippen LogP contribution >= 0.6 is 0 Å². The first kappa shape index (κ1) is 14.1. The number of aryl methyl sites for hydroxylation is 1. The molecule has 3 unspecified atom stereocenters. The number of carbonyl (C=O) groups is 1. The van der Waals surface area contributed by atoms with Crippen LogP contribution in [0.2, 0.25) is 0 Å². The van der Waals surface area contributed by atoms with Gasteiger partial charge in [-0.1, -0.05) is 13.8 Å². The highest BCUT2D eigenvalue weighted by Gasteiger charge is 2.29. The summed E-state index contributed by atoms with van der Waals surface area (Å²) in [5, 5.41) is 8.96. The first-order chi connectivity index (χ1) is 8.88. The quantitative estimate of drug-likeness (QED) is 0.912. The molecule has 4 heteroatoms. The second-order valence-corrected chi connectivity index (χ2v) is 5.99. The summed E-state index contributed by atoms with van der Waals surface area (Å²) in [6.07, 6.45) is 1.27. The minimum Gasteiger partial charge on any atom is -0.475 e. The van der Waals surface area contributed by atoms with E-state index in [0.29, 0.717) is 17.9 Å². The highest BCUT2D eigenvalue weighted by Crippen LogP contribution is 2.29. The van der Waals surface area contributed by atoms with Crippen LogP contribution in [0.25, 0.3) is 0 Å². The molecule has 0 spiro atoms. The van der Waals surface area contributed by atoms with Crippen LogP contribution in [0.4, 0.5) is 0 Å². The van der Waals surface area contributed by atoms with Crippen LogP contribution in [-0.2, 0) is 6.54 Å². The van der Waals surface area contributed by atoms with Crippen molar-refractivity contribution < 1.29 is 14.3 Å². The minimum absolute atomic E-state index is 0.0401. The third kappa shape index (κ3) is 3.00. The molecule has 1 fully saturated rings. The summed E-state index contributed by atoms with van der Waals surface area (Å²) in [7, 11) is 0. The summed E-state index contributed by atoms with van der Waals surface area (Å²) in [6.45, 7) is 10.5. The number of aromatic carboxylic acids is 1. The summed E-state index contributed by atoms with van der Waals surface area (Å²) in [5.74, 6) is 1.13. The summed E-state index contributed by atoms with van der Waals surface area (Å²) in [4.78, 5) is 13.4. The molecule has 0 saturated carbocycles. The Hall–Kier alpha value is -1.29. The van der Waals surface area contributed by atoms with E-state index in [1.165, 1.54) is 6.42 Å². The summed E-state index contributed by atoms with van der Waals surface area (Å²) in [6, 6.07) is 2.19. The molecule has 0 aliphatic carbocycles. The zero-order chi connectivity index (χ0) is 14.2. The Morgan fingerprint density at radius 2 is 2.16 bits per heavy atom. The van der Waals surface area contributed by atoms with E-state index >= 15 is 0 Å². The predicted molar refractivity (Wildman–Crippen MR) is 73.2 cm³/mol. The van der Waals surface area contributed by atoms with Gasteiger partial charge in [-0.05, 0) is 38.2 Å². The number of hydrogen-bond donors (Lipinski definition) is 1. The smallest absolute Gasteiger partial charge is 0.371 e. The zero-order valence-corrected chi connectivity index (χ0v) is 12.1. The van der Waals surface area contributed by atoms with Crippen LogP contribution in [0, 0.1) is 18.8 Å². The molecule has 0 radical (unpaired) electrons. The fourth-order valence-electron chi connectivity index (χ4n) is 3.04. The molecule has 19 heavy (non-hydrogen) atoms. The van der Waals surface area contributed by atoms with E-state index in [1.54, 1.807) is 6.07 Å². The van der Waals surface area contributed by atoms with Crippen LogP contribution in [0.3, 0.4) is 0 Å². The normalized spacial score (nSPS) is 28.5. The number of hydrogen-bond acceptors (Lipinski definition) is 3. The van der Waals surface area contributed by atoms with Crippen molar-refractivity contribution >= 4 is 5.97 Å². The lowest BCUT2D eigenvalue weighted by atomic mass is 9.86. The van der Waals surface area contributed by atoms with Crippen molar-refractivity contribution in [3.63, 3.8) is 0 Å². The number of piperidine rings is 1. The molecule has 106 valence electrons. The maximum atomic E-state index is 10.9. The fraction of sp³-hybridized carbons (Fsp3) is 0.667. The van der Waals surface area contributed by atoms with E-state index < -0.39 is 5.97 Å². The Kier molecular flexibility index (Phi) is 3.99. The van der Waals surface area contributed by atoms with Gasteiger partial charge in [-0.15, -0.1) is 0 Å². The molecule has 0 bridgehead atoms. The molecule has 4 nitrogen and oxygen atoms in total. The Morgan fingerprint density at radius 3 is 2.74 bits per heavy atom. The summed E-state index contributed by atoms with van der Waals surface area (Å²) < 4.78 is 5.28. The Bertz CT molecular complexity index is 466. The highest BCUT2D eigenvalue weighted by molar-refractivity contribution is 5.84. The van der Waals surface area contributed by atoms with Gasteiger partial charge in [-0.3, -0.25) is 4.90 Å². The van der Waals surface area contributed by atoms with Crippen LogP contribution in [0.15, 0.2) is 10.5 Å². The van der Waals surface area contributed by atoms with Gasteiger partial charge in [0, 0.05) is 24.7 Å². The number of rotatable bonds is 3. The molecule has 1 aromatic heterocycles. The van der Waals surface area contributed by atoms with E-state index in [1.807, 2.05) is 6.92 Å². The van der Waals surface area contributed by atoms with Crippen molar-refractivity contribution in [2.45, 2.75) is 46.7 Å². The summed E-state index contributed by atoms with van der Waals surface area (Å²) in [5.41, 5.74) is 0.991. The van der Waals surface area contributed by atoms with Crippen LogP contribution in [0.5, 0.6) is 0 Å². The second-order valence-electron chi connectivity index (χ2n) is 5.99. The van der Waals surface area contributed by atoms with Gasteiger partial charge in [0.2, 0.25) is 5.76 Å². The zero-order valence-electron chi connectivity index (χ0n) is 12.1. The highest BCUT2D eigenvalue weighted by atomic mass is 16.4. The van der Waals surface area contributed by atoms with Crippen molar-refractivity contribution in [3.8, 4) is 0 Å². The average Bonchev–Trinajstić information content (AvgIpc) is 2.67. The van der Waals surface area contributed by atoms with Gasteiger partial charge >= 0.3 is 5.97 Å². The molecule has 1 saturated heterocycles. The van der Waals surface area contributed by atoms with Crippen molar-refractivity contribution in [3.05, 3.63) is 23.2 Å². The average molecular weight is 265 g/mol. The van der Waals surface area contributed by atoms with Crippen molar-refractivity contribution in [1.82, 2.24) is 4.90 Å². The number of carboxylic acids is 1. The third-order valence-corrected chi connectivity index (χ3v) is 4.32. The molecule has 3 atom stereocenters. The molecule has 0 amide bonds. The van der Waals surface area contributed by atoms with E-state index in [2.05, 4.69) is 25.7 Å². The maximum Gasteiger partial charge on any atom is 0.371 e. The fourth-order valence-corrected chi connectivity index (χ4v) is 3.04. The SMILES string of the molecule is Cc1oc(C(=O)O)cc1CN1CC(C)CC(C)C1C. The monoisotopic (exact) mass is 265 g/mol.